The van der Waals surface area contributed by atoms with Crippen LogP contribution in [-0.4, -0.2) is 17.9 Å². The van der Waals surface area contributed by atoms with Crippen LogP contribution in [0.15, 0.2) is 60.7 Å². The minimum atomic E-state index is -2.62. The summed E-state index contributed by atoms with van der Waals surface area (Å²) >= 11 is 0. The smallest absolute Gasteiger partial charge is 0.209 e. The molecule has 0 saturated carbocycles. The Hall–Kier alpha value is -1.37. The number of hydrogen-bond acceptors (Lipinski definition) is 2. The molecule has 0 aromatic heterocycles. The van der Waals surface area contributed by atoms with Crippen LogP contribution in [-0.2, 0) is 21.9 Å². The van der Waals surface area contributed by atoms with Crippen LogP contribution in [0.4, 0.5) is 0 Å². The topological polar surface area (TPSA) is 26.3 Å². The zero-order chi connectivity index (χ0) is 16.1. The summed E-state index contributed by atoms with van der Waals surface area (Å²) in [6.07, 6.45) is 3.74. The van der Waals surface area contributed by atoms with Crippen LogP contribution in [0, 0.1) is 0 Å². The van der Waals surface area contributed by atoms with E-state index in [4.69, 9.17) is 4.52 Å². The zero-order valence-electron chi connectivity index (χ0n) is 13.7. The fourth-order valence-electron chi connectivity index (χ4n) is 3.69. The van der Waals surface area contributed by atoms with Gasteiger partial charge in [0.25, 0.3) is 0 Å². The summed E-state index contributed by atoms with van der Waals surface area (Å²) in [4.78, 5) is 0. The van der Waals surface area contributed by atoms with E-state index in [2.05, 4.69) is 48.5 Å². The van der Waals surface area contributed by atoms with E-state index >= 15 is 0 Å². The Bertz CT molecular complexity index is 600. The first-order valence-corrected chi connectivity index (χ1v) is 10.3. The molecule has 0 aliphatic carbocycles. The summed E-state index contributed by atoms with van der Waals surface area (Å²) in [6, 6.07) is 20.8. The Labute approximate surface area is 139 Å². The van der Waals surface area contributed by atoms with Crippen LogP contribution in [0.2, 0.25) is 0 Å². The quantitative estimate of drug-likeness (QED) is 0.671. The lowest BCUT2D eigenvalue weighted by Crippen LogP contribution is -2.15. The van der Waals surface area contributed by atoms with E-state index < -0.39 is 7.37 Å². The summed E-state index contributed by atoms with van der Waals surface area (Å²) in [5.41, 5.74) is 2.85. The SMILES string of the molecule is CCOP1(=O)C(Cc2ccccc2)CCC1Cc1ccccc1. The van der Waals surface area contributed by atoms with Crippen molar-refractivity contribution < 1.29 is 9.09 Å². The van der Waals surface area contributed by atoms with Crippen LogP contribution in [0.5, 0.6) is 0 Å². The van der Waals surface area contributed by atoms with E-state index in [1.807, 2.05) is 19.1 Å². The Morgan fingerprint density at radius 1 is 0.870 bits per heavy atom. The molecule has 122 valence electrons. The Balaban J connectivity index is 1.78. The van der Waals surface area contributed by atoms with Crippen LogP contribution in [0.25, 0.3) is 0 Å². The zero-order valence-corrected chi connectivity index (χ0v) is 14.6. The van der Waals surface area contributed by atoms with Gasteiger partial charge >= 0.3 is 0 Å². The Morgan fingerprint density at radius 3 is 1.70 bits per heavy atom. The van der Waals surface area contributed by atoms with Crippen molar-refractivity contribution in [2.75, 3.05) is 6.61 Å². The molecule has 3 heteroatoms. The average molecular weight is 328 g/mol. The van der Waals surface area contributed by atoms with Crippen LogP contribution >= 0.6 is 7.37 Å². The molecule has 0 bridgehead atoms. The van der Waals surface area contributed by atoms with Crippen molar-refractivity contribution in [2.45, 2.75) is 43.9 Å². The van der Waals surface area contributed by atoms with Crippen LogP contribution in [0.3, 0.4) is 0 Å². The molecule has 1 heterocycles. The summed E-state index contributed by atoms with van der Waals surface area (Å²) in [7, 11) is -2.62. The largest absolute Gasteiger partial charge is 0.328 e. The average Bonchev–Trinajstić information content (AvgIpc) is 2.86. The van der Waals surface area contributed by atoms with Gasteiger partial charge in [0.2, 0.25) is 7.37 Å². The van der Waals surface area contributed by atoms with Gasteiger partial charge in [0.1, 0.15) is 0 Å². The summed E-state index contributed by atoms with van der Waals surface area (Å²) in [5.74, 6) is 0. The van der Waals surface area contributed by atoms with Crippen molar-refractivity contribution >= 4 is 7.37 Å². The second-order valence-corrected chi connectivity index (χ2v) is 9.34. The third-order valence-electron chi connectivity index (χ3n) is 4.81. The predicted octanol–water partition coefficient (Wildman–Crippen LogP) is 5.32. The molecule has 0 radical (unpaired) electrons. The normalized spacial score (nSPS) is 27.2. The molecule has 0 N–H and O–H groups in total. The number of rotatable bonds is 6. The molecule has 0 amide bonds. The van der Waals surface area contributed by atoms with Gasteiger partial charge in [0, 0.05) is 11.3 Å². The summed E-state index contributed by atoms with van der Waals surface area (Å²) in [6.45, 7) is 2.49. The van der Waals surface area contributed by atoms with Gasteiger partial charge in [0.05, 0.1) is 6.61 Å². The molecular formula is C20H25O2P. The summed E-state index contributed by atoms with van der Waals surface area (Å²) in [5, 5.41) is 0. The maximum absolute atomic E-state index is 13.7. The third-order valence-corrected chi connectivity index (χ3v) is 8.39. The van der Waals surface area contributed by atoms with Gasteiger partial charge in [-0.3, -0.25) is 4.57 Å². The van der Waals surface area contributed by atoms with Crippen molar-refractivity contribution in [1.82, 2.24) is 0 Å². The molecule has 2 aromatic carbocycles. The van der Waals surface area contributed by atoms with Crippen LogP contribution in [0.1, 0.15) is 30.9 Å². The lowest BCUT2D eigenvalue weighted by molar-refractivity contribution is 0.324. The van der Waals surface area contributed by atoms with E-state index in [1.54, 1.807) is 0 Å². The lowest BCUT2D eigenvalue weighted by Gasteiger charge is -2.25. The maximum Gasteiger partial charge on any atom is 0.209 e. The molecule has 0 spiro atoms. The first-order valence-electron chi connectivity index (χ1n) is 8.54. The highest BCUT2D eigenvalue weighted by atomic mass is 31.2. The molecule has 3 rings (SSSR count). The number of hydrogen-bond donors (Lipinski definition) is 0. The fourth-order valence-corrected chi connectivity index (χ4v) is 7.06. The fraction of sp³-hybridized carbons (Fsp3) is 0.400. The van der Waals surface area contributed by atoms with Crippen molar-refractivity contribution in [3.05, 3.63) is 71.8 Å². The lowest BCUT2D eigenvalue weighted by atomic mass is 10.0. The minimum Gasteiger partial charge on any atom is -0.328 e. The van der Waals surface area contributed by atoms with Crippen molar-refractivity contribution in [2.24, 2.45) is 0 Å². The van der Waals surface area contributed by atoms with Crippen molar-refractivity contribution in [1.29, 1.82) is 0 Å². The number of benzene rings is 2. The first kappa shape index (κ1) is 16.5. The highest BCUT2D eigenvalue weighted by molar-refractivity contribution is 7.60. The van der Waals surface area contributed by atoms with E-state index in [9.17, 15) is 4.57 Å². The van der Waals surface area contributed by atoms with Gasteiger partial charge in [-0.25, -0.2) is 0 Å². The molecule has 1 aliphatic heterocycles. The first-order chi connectivity index (χ1) is 11.2. The van der Waals surface area contributed by atoms with Gasteiger partial charge in [-0.05, 0) is 43.7 Å². The maximum atomic E-state index is 13.7. The molecule has 2 atom stereocenters. The molecule has 2 aromatic rings. The van der Waals surface area contributed by atoms with E-state index in [0.717, 1.165) is 25.7 Å². The molecular weight excluding hydrogens is 303 g/mol. The predicted molar refractivity (Wildman–Crippen MR) is 96.3 cm³/mol. The van der Waals surface area contributed by atoms with Gasteiger partial charge < -0.3 is 4.52 Å². The van der Waals surface area contributed by atoms with Gasteiger partial charge in [0.15, 0.2) is 0 Å². The third kappa shape index (κ3) is 3.76. The Morgan fingerprint density at radius 2 is 1.30 bits per heavy atom. The second-order valence-electron chi connectivity index (χ2n) is 6.33. The van der Waals surface area contributed by atoms with Crippen LogP contribution < -0.4 is 0 Å². The van der Waals surface area contributed by atoms with Crippen molar-refractivity contribution in [3.63, 3.8) is 0 Å². The second kappa shape index (κ2) is 7.47. The van der Waals surface area contributed by atoms with Gasteiger partial charge in [-0.1, -0.05) is 60.7 Å². The van der Waals surface area contributed by atoms with Crippen molar-refractivity contribution in [3.8, 4) is 0 Å². The standard InChI is InChI=1S/C20H25O2P/c1-2-22-23(21)19(15-17-9-5-3-6-10-17)13-14-20(23)16-18-11-7-4-8-12-18/h3-12,19-20H,2,13-16H2,1H3. The van der Waals surface area contributed by atoms with E-state index in [1.165, 1.54) is 11.1 Å². The Kier molecular flexibility index (Phi) is 5.35. The highest BCUT2D eigenvalue weighted by Gasteiger charge is 2.46. The molecule has 2 unspecified atom stereocenters. The molecule has 2 nitrogen and oxygen atoms in total. The molecule has 1 aliphatic rings. The van der Waals surface area contributed by atoms with E-state index in [-0.39, 0.29) is 11.3 Å². The highest BCUT2D eigenvalue weighted by Crippen LogP contribution is 2.65. The minimum absolute atomic E-state index is 0.165. The molecule has 23 heavy (non-hydrogen) atoms. The van der Waals surface area contributed by atoms with E-state index in [0.29, 0.717) is 6.61 Å². The van der Waals surface area contributed by atoms with Gasteiger partial charge in [-0.15, -0.1) is 0 Å². The summed E-state index contributed by atoms with van der Waals surface area (Å²) < 4.78 is 19.6. The monoisotopic (exact) mass is 328 g/mol. The molecule has 1 fully saturated rings. The van der Waals surface area contributed by atoms with Gasteiger partial charge in [-0.2, -0.15) is 0 Å². The molecule has 1 saturated heterocycles.